The molecule has 1 nitrogen and oxygen atoms in total. The maximum absolute atomic E-state index is 2.59. The predicted octanol–water partition coefficient (Wildman–Crippen LogP) is 3.44. The van der Waals surface area contributed by atoms with Gasteiger partial charge in [0.15, 0.2) is 0 Å². The molecule has 0 saturated heterocycles. The molecule has 78 valence electrons. The third-order valence-electron chi connectivity index (χ3n) is 3.31. The molecule has 0 heterocycles. The number of hydrogen-bond acceptors (Lipinski definition) is 1. The van der Waals surface area contributed by atoms with Crippen LogP contribution in [0.15, 0.2) is 0 Å². The van der Waals surface area contributed by atoms with E-state index in [1.54, 1.807) is 0 Å². The maximum atomic E-state index is 2.59. The number of hydrogen-bond donors (Lipinski definition) is 0. The van der Waals surface area contributed by atoms with Crippen LogP contribution in [-0.2, 0) is 0 Å². The molecule has 1 rings (SSSR count). The molecule has 0 N–H and O–H groups in total. The molecule has 1 heteroatoms. The van der Waals surface area contributed by atoms with Gasteiger partial charge in [-0.1, -0.05) is 39.0 Å². The molecule has 13 heavy (non-hydrogen) atoms. The largest absolute Gasteiger partial charge is 0.303 e. The minimum atomic E-state index is 0.897. The Morgan fingerprint density at radius 3 is 2.23 bits per heavy atom. The lowest BCUT2D eigenvalue weighted by Gasteiger charge is -2.26. The second-order valence-corrected chi connectivity index (χ2v) is 4.48. The molecule has 0 bridgehead atoms. The topological polar surface area (TPSA) is 3.24 Å². The molecule has 0 atom stereocenters. The van der Waals surface area contributed by atoms with Crippen molar-refractivity contribution in [3.63, 3.8) is 0 Å². The van der Waals surface area contributed by atoms with Crippen LogP contribution in [0.5, 0.6) is 0 Å². The van der Waals surface area contributed by atoms with Crippen molar-refractivity contribution < 1.29 is 0 Å². The second kappa shape index (κ2) is 6.42. The van der Waals surface area contributed by atoms with E-state index in [2.05, 4.69) is 18.9 Å². The zero-order valence-electron chi connectivity index (χ0n) is 9.39. The second-order valence-electron chi connectivity index (χ2n) is 4.48. The molecule has 0 amide bonds. The minimum Gasteiger partial charge on any atom is -0.303 e. The Hall–Kier alpha value is -0.0400. The van der Waals surface area contributed by atoms with Crippen molar-refractivity contribution in [2.24, 2.45) is 0 Å². The van der Waals surface area contributed by atoms with Gasteiger partial charge in [0.2, 0.25) is 0 Å². The molecule has 1 aliphatic carbocycles. The third-order valence-corrected chi connectivity index (χ3v) is 3.31. The molecule has 1 aliphatic rings. The third kappa shape index (κ3) is 4.12. The first-order valence-corrected chi connectivity index (χ1v) is 6.05. The van der Waals surface area contributed by atoms with Gasteiger partial charge >= 0.3 is 0 Å². The van der Waals surface area contributed by atoms with E-state index in [-0.39, 0.29) is 0 Å². The van der Waals surface area contributed by atoms with Crippen molar-refractivity contribution in [1.82, 2.24) is 4.90 Å². The Balaban J connectivity index is 2.22. The maximum Gasteiger partial charge on any atom is 0.00922 e. The summed E-state index contributed by atoms with van der Waals surface area (Å²) in [4.78, 5) is 2.59. The van der Waals surface area contributed by atoms with Crippen molar-refractivity contribution in [3.05, 3.63) is 0 Å². The van der Waals surface area contributed by atoms with E-state index in [1.165, 1.54) is 57.9 Å². The standard InChI is InChI=1S/C12H25N/c1-3-4-11-13(2)12-9-7-5-6-8-10-12/h12H,3-11H2,1-2H3. The lowest BCUT2D eigenvalue weighted by atomic mass is 10.1. The molecule has 0 aliphatic heterocycles. The summed E-state index contributed by atoms with van der Waals surface area (Å²) in [5.41, 5.74) is 0. The fraction of sp³-hybridized carbons (Fsp3) is 1.00. The predicted molar refractivity (Wildman–Crippen MR) is 59.0 cm³/mol. The van der Waals surface area contributed by atoms with Crippen LogP contribution in [0.3, 0.4) is 0 Å². The van der Waals surface area contributed by atoms with Gasteiger partial charge in [0.1, 0.15) is 0 Å². The lowest BCUT2D eigenvalue weighted by molar-refractivity contribution is 0.218. The number of rotatable bonds is 4. The highest BCUT2D eigenvalue weighted by molar-refractivity contribution is 4.71. The highest BCUT2D eigenvalue weighted by atomic mass is 15.1. The molecule has 1 fully saturated rings. The minimum absolute atomic E-state index is 0.897. The highest BCUT2D eigenvalue weighted by Crippen LogP contribution is 2.21. The first kappa shape index (κ1) is 11.0. The summed E-state index contributed by atoms with van der Waals surface area (Å²) in [6.45, 7) is 3.59. The van der Waals surface area contributed by atoms with E-state index in [4.69, 9.17) is 0 Å². The van der Waals surface area contributed by atoms with Gasteiger partial charge in [-0.05, 0) is 32.9 Å². The van der Waals surface area contributed by atoms with E-state index >= 15 is 0 Å². The van der Waals surface area contributed by atoms with Gasteiger partial charge in [0.25, 0.3) is 0 Å². The molecule has 0 spiro atoms. The van der Waals surface area contributed by atoms with Crippen LogP contribution >= 0.6 is 0 Å². The Morgan fingerprint density at radius 2 is 1.69 bits per heavy atom. The molecular formula is C12H25N. The van der Waals surface area contributed by atoms with Crippen LogP contribution in [-0.4, -0.2) is 24.5 Å². The smallest absolute Gasteiger partial charge is 0.00922 e. The first-order valence-electron chi connectivity index (χ1n) is 6.05. The van der Waals surface area contributed by atoms with Crippen molar-refractivity contribution in [2.45, 2.75) is 64.3 Å². The Labute approximate surface area is 83.5 Å². The molecule has 0 unspecified atom stereocenters. The fourth-order valence-electron chi connectivity index (χ4n) is 2.29. The zero-order chi connectivity index (χ0) is 9.52. The van der Waals surface area contributed by atoms with E-state index in [0.717, 1.165) is 6.04 Å². The number of nitrogens with zero attached hydrogens (tertiary/aromatic N) is 1. The molecule has 0 aromatic rings. The van der Waals surface area contributed by atoms with E-state index in [9.17, 15) is 0 Å². The van der Waals surface area contributed by atoms with Crippen molar-refractivity contribution >= 4 is 0 Å². The van der Waals surface area contributed by atoms with E-state index in [1.807, 2.05) is 0 Å². The lowest BCUT2D eigenvalue weighted by Crippen LogP contribution is -2.31. The summed E-state index contributed by atoms with van der Waals surface area (Å²) in [5, 5.41) is 0. The van der Waals surface area contributed by atoms with Gasteiger partial charge in [0, 0.05) is 6.04 Å². The first-order chi connectivity index (χ1) is 6.34. The SMILES string of the molecule is CCCCN(C)C1CCCCCC1. The van der Waals surface area contributed by atoms with Gasteiger partial charge in [-0.25, -0.2) is 0 Å². The van der Waals surface area contributed by atoms with Gasteiger partial charge in [-0.2, -0.15) is 0 Å². The van der Waals surface area contributed by atoms with Crippen LogP contribution in [0.4, 0.5) is 0 Å². The number of unbranched alkanes of at least 4 members (excludes halogenated alkanes) is 1. The summed E-state index contributed by atoms with van der Waals surface area (Å²) < 4.78 is 0. The van der Waals surface area contributed by atoms with Crippen molar-refractivity contribution in [3.8, 4) is 0 Å². The Morgan fingerprint density at radius 1 is 1.08 bits per heavy atom. The summed E-state index contributed by atoms with van der Waals surface area (Å²) in [6, 6.07) is 0.897. The van der Waals surface area contributed by atoms with Gasteiger partial charge < -0.3 is 4.90 Å². The quantitative estimate of drug-likeness (QED) is 0.603. The van der Waals surface area contributed by atoms with Crippen LogP contribution in [0.2, 0.25) is 0 Å². The summed E-state index contributed by atoms with van der Waals surface area (Å²) >= 11 is 0. The summed E-state index contributed by atoms with van der Waals surface area (Å²) in [6.07, 6.45) is 11.4. The van der Waals surface area contributed by atoms with E-state index < -0.39 is 0 Å². The van der Waals surface area contributed by atoms with Crippen LogP contribution < -0.4 is 0 Å². The Bertz CT molecular complexity index is 114. The van der Waals surface area contributed by atoms with E-state index in [0.29, 0.717) is 0 Å². The Kier molecular flexibility index (Phi) is 5.45. The highest BCUT2D eigenvalue weighted by Gasteiger charge is 2.15. The summed E-state index contributed by atoms with van der Waals surface area (Å²) in [7, 11) is 2.31. The van der Waals surface area contributed by atoms with Crippen molar-refractivity contribution in [2.75, 3.05) is 13.6 Å². The molecule has 0 aromatic carbocycles. The van der Waals surface area contributed by atoms with Crippen molar-refractivity contribution in [1.29, 1.82) is 0 Å². The zero-order valence-corrected chi connectivity index (χ0v) is 9.39. The molecule has 1 saturated carbocycles. The van der Waals surface area contributed by atoms with Gasteiger partial charge in [0.05, 0.1) is 0 Å². The normalized spacial score (nSPS) is 20.5. The molecule has 0 radical (unpaired) electrons. The molecular weight excluding hydrogens is 158 g/mol. The van der Waals surface area contributed by atoms with Gasteiger partial charge in [-0.15, -0.1) is 0 Å². The van der Waals surface area contributed by atoms with Gasteiger partial charge in [-0.3, -0.25) is 0 Å². The summed E-state index contributed by atoms with van der Waals surface area (Å²) in [5.74, 6) is 0. The fourth-order valence-corrected chi connectivity index (χ4v) is 2.29. The average Bonchev–Trinajstić information content (AvgIpc) is 2.42. The average molecular weight is 183 g/mol. The van der Waals surface area contributed by atoms with Crippen LogP contribution in [0.1, 0.15) is 58.3 Å². The van der Waals surface area contributed by atoms with Crippen LogP contribution in [0.25, 0.3) is 0 Å². The monoisotopic (exact) mass is 183 g/mol. The van der Waals surface area contributed by atoms with Crippen LogP contribution in [0, 0.1) is 0 Å². The molecule has 0 aromatic heterocycles.